The van der Waals surface area contributed by atoms with E-state index in [4.69, 9.17) is 0 Å². The van der Waals surface area contributed by atoms with Crippen LogP contribution in [0.2, 0.25) is 0 Å². The molecule has 2 N–H and O–H groups in total. The Morgan fingerprint density at radius 3 is 2.80 bits per heavy atom. The first-order chi connectivity index (χ1) is 9.00. The summed E-state index contributed by atoms with van der Waals surface area (Å²) in [6, 6.07) is 5.23. The van der Waals surface area contributed by atoms with Crippen LogP contribution in [-0.2, 0) is 10.0 Å². The van der Waals surface area contributed by atoms with Gasteiger partial charge in [-0.2, -0.15) is 0 Å². The third-order valence-corrected chi connectivity index (χ3v) is 5.85. The summed E-state index contributed by atoms with van der Waals surface area (Å²) in [5.74, 6) is 0. The topological polar surface area (TPSA) is 58.2 Å². The normalized spacial score (nSPS) is 15.4. The van der Waals surface area contributed by atoms with E-state index in [9.17, 15) is 8.42 Å². The van der Waals surface area contributed by atoms with E-state index in [0.717, 1.165) is 30.6 Å². The number of aryl methyl sites for hydroxylation is 1. The molecule has 1 aromatic rings. The van der Waals surface area contributed by atoms with Crippen LogP contribution in [0.5, 0.6) is 0 Å². The lowest BCUT2D eigenvalue weighted by atomic mass is 10.1. The molecule has 112 valence electrons. The minimum atomic E-state index is -3.47. The zero-order valence-corrected chi connectivity index (χ0v) is 14.4. The second-order valence-electron chi connectivity index (χ2n) is 4.53. The van der Waals surface area contributed by atoms with Gasteiger partial charge in [0.1, 0.15) is 0 Å². The SMILES string of the molecule is Cc1cccc(S(=O)(=O)NCC2=CCNCC2)c1Br.Cl. The van der Waals surface area contributed by atoms with Crippen LogP contribution in [0.4, 0.5) is 0 Å². The van der Waals surface area contributed by atoms with E-state index < -0.39 is 10.0 Å². The second kappa shape index (κ2) is 7.56. The Hall–Kier alpha value is -0.400. The lowest BCUT2D eigenvalue weighted by molar-refractivity contribution is 0.581. The largest absolute Gasteiger partial charge is 0.313 e. The fourth-order valence-corrected chi connectivity index (χ4v) is 4.01. The zero-order chi connectivity index (χ0) is 13.9. The van der Waals surface area contributed by atoms with E-state index in [2.05, 4.69) is 26.0 Å². The maximum Gasteiger partial charge on any atom is 0.241 e. The molecule has 0 aliphatic carbocycles. The maximum atomic E-state index is 12.3. The third kappa shape index (κ3) is 4.30. The molecule has 2 rings (SSSR count). The van der Waals surface area contributed by atoms with Crippen LogP contribution in [0, 0.1) is 6.92 Å². The minimum absolute atomic E-state index is 0. The van der Waals surface area contributed by atoms with E-state index in [-0.39, 0.29) is 12.4 Å². The van der Waals surface area contributed by atoms with E-state index >= 15 is 0 Å². The molecule has 0 saturated heterocycles. The first-order valence-electron chi connectivity index (χ1n) is 6.14. The Morgan fingerprint density at radius 2 is 2.15 bits per heavy atom. The summed E-state index contributed by atoms with van der Waals surface area (Å²) in [5, 5.41) is 3.20. The molecule has 7 heteroatoms. The maximum absolute atomic E-state index is 12.3. The lowest BCUT2D eigenvalue weighted by Gasteiger charge is -2.15. The fraction of sp³-hybridized carbons (Fsp3) is 0.385. The molecular weight excluding hydrogens is 364 g/mol. The molecule has 0 aromatic heterocycles. The summed E-state index contributed by atoms with van der Waals surface area (Å²) < 4.78 is 27.8. The second-order valence-corrected chi connectivity index (χ2v) is 7.06. The average Bonchev–Trinajstić information content (AvgIpc) is 2.41. The van der Waals surface area contributed by atoms with E-state index in [1.807, 2.05) is 19.1 Å². The highest BCUT2D eigenvalue weighted by molar-refractivity contribution is 9.10. The van der Waals surface area contributed by atoms with Crippen molar-refractivity contribution in [1.29, 1.82) is 0 Å². The molecule has 0 atom stereocenters. The van der Waals surface area contributed by atoms with Gasteiger partial charge in [0.15, 0.2) is 0 Å². The summed E-state index contributed by atoms with van der Waals surface area (Å²) in [6.45, 7) is 3.97. The molecule has 0 bridgehead atoms. The molecule has 4 nitrogen and oxygen atoms in total. The van der Waals surface area contributed by atoms with Crippen molar-refractivity contribution in [3.8, 4) is 0 Å². The molecule has 1 aromatic carbocycles. The number of halogens is 2. The summed E-state index contributed by atoms with van der Waals surface area (Å²) in [7, 11) is -3.47. The molecule has 1 aliphatic rings. The van der Waals surface area contributed by atoms with Crippen molar-refractivity contribution in [2.45, 2.75) is 18.2 Å². The van der Waals surface area contributed by atoms with Gasteiger partial charge in [-0.25, -0.2) is 13.1 Å². The fourth-order valence-electron chi connectivity index (χ4n) is 1.92. The number of sulfonamides is 1. The molecule has 0 amide bonds. The van der Waals surface area contributed by atoms with Gasteiger partial charge in [0.25, 0.3) is 0 Å². The molecule has 1 aliphatic heterocycles. The molecule has 20 heavy (non-hydrogen) atoms. The van der Waals surface area contributed by atoms with Crippen LogP contribution < -0.4 is 10.0 Å². The van der Waals surface area contributed by atoms with Gasteiger partial charge in [-0.05, 0) is 47.4 Å². The molecule has 0 saturated carbocycles. The predicted molar refractivity (Wildman–Crippen MR) is 86.9 cm³/mol. The molecule has 1 heterocycles. The minimum Gasteiger partial charge on any atom is -0.313 e. The Balaban J connectivity index is 0.00000200. The Bertz CT molecular complexity index is 602. The van der Waals surface area contributed by atoms with E-state index in [0.29, 0.717) is 15.9 Å². The molecular formula is C13H18BrClN2O2S. The van der Waals surface area contributed by atoms with Crippen molar-refractivity contribution in [2.75, 3.05) is 19.6 Å². The molecule has 0 spiro atoms. The van der Waals surface area contributed by atoms with Crippen LogP contribution in [0.15, 0.2) is 39.2 Å². The number of benzene rings is 1. The van der Waals surface area contributed by atoms with Crippen molar-refractivity contribution in [1.82, 2.24) is 10.0 Å². The van der Waals surface area contributed by atoms with Crippen LogP contribution in [0.1, 0.15) is 12.0 Å². The van der Waals surface area contributed by atoms with Gasteiger partial charge in [0, 0.05) is 17.6 Å². The van der Waals surface area contributed by atoms with Gasteiger partial charge in [-0.15, -0.1) is 12.4 Å². The van der Waals surface area contributed by atoms with Crippen LogP contribution >= 0.6 is 28.3 Å². The smallest absolute Gasteiger partial charge is 0.241 e. The standard InChI is InChI=1S/C13H17BrN2O2S.ClH/c1-10-3-2-4-12(13(10)14)19(17,18)16-9-11-5-7-15-8-6-11;/h2-5,15-16H,6-9H2,1H3;1H. The number of hydrogen-bond donors (Lipinski definition) is 2. The first-order valence-corrected chi connectivity index (χ1v) is 8.42. The van der Waals surface area contributed by atoms with Crippen molar-refractivity contribution in [2.24, 2.45) is 0 Å². The monoisotopic (exact) mass is 380 g/mol. The Kier molecular flexibility index (Phi) is 6.68. The predicted octanol–water partition coefficient (Wildman–Crippen LogP) is 2.38. The number of hydrogen-bond acceptors (Lipinski definition) is 3. The van der Waals surface area contributed by atoms with Gasteiger partial charge < -0.3 is 5.32 Å². The van der Waals surface area contributed by atoms with Gasteiger partial charge in [-0.1, -0.05) is 23.8 Å². The summed E-state index contributed by atoms with van der Waals surface area (Å²) in [6.07, 6.45) is 2.93. The van der Waals surface area contributed by atoms with Gasteiger partial charge >= 0.3 is 0 Å². The van der Waals surface area contributed by atoms with Crippen LogP contribution in [0.3, 0.4) is 0 Å². The highest BCUT2D eigenvalue weighted by Gasteiger charge is 2.18. The summed E-state index contributed by atoms with van der Waals surface area (Å²) >= 11 is 3.34. The highest BCUT2D eigenvalue weighted by Crippen LogP contribution is 2.25. The van der Waals surface area contributed by atoms with Crippen molar-refractivity contribution in [3.63, 3.8) is 0 Å². The van der Waals surface area contributed by atoms with Gasteiger partial charge in [0.05, 0.1) is 4.90 Å². The van der Waals surface area contributed by atoms with Crippen molar-refractivity contribution in [3.05, 3.63) is 39.9 Å². The lowest BCUT2D eigenvalue weighted by Crippen LogP contribution is -2.30. The zero-order valence-electron chi connectivity index (χ0n) is 11.1. The number of nitrogens with one attached hydrogen (secondary N) is 2. The molecule has 0 fully saturated rings. The third-order valence-electron chi connectivity index (χ3n) is 3.09. The van der Waals surface area contributed by atoms with Crippen molar-refractivity contribution < 1.29 is 8.42 Å². The van der Waals surface area contributed by atoms with Gasteiger partial charge in [-0.3, -0.25) is 0 Å². The van der Waals surface area contributed by atoms with Crippen LogP contribution in [0.25, 0.3) is 0 Å². The summed E-state index contributed by atoms with van der Waals surface area (Å²) in [4.78, 5) is 0.294. The molecule has 0 unspecified atom stereocenters. The quantitative estimate of drug-likeness (QED) is 0.787. The van der Waals surface area contributed by atoms with Gasteiger partial charge in [0.2, 0.25) is 10.0 Å². The Morgan fingerprint density at radius 1 is 1.40 bits per heavy atom. The van der Waals surface area contributed by atoms with Crippen LogP contribution in [-0.4, -0.2) is 28.1 Å². The highest BCUT2D eigenvalue weighted by atomic mass is 79.9. The summed E-state index contributed by atoms with van der Waals surface area (Å²) in [5.41, 5.74) is 2.04. The van der Waals surface area contributed by atoms with E-state index in [1.54, 1.807) is 12.1 Å². The van der Waals surface area contributed by atoms with E-state index in [1.165, 1.54) is 0 Å². The van der Waals surface area contributed by atoms with Crippen molar-refractivity contribution >= 4 is 38.4 Å². The average molecular weight is 382 g/mol. The first kappa shape index (κ1) is 17.7. The molecule has 0 radical (unpaired) electrons. The number of rotatable bonds is 4. The Labute approximate surface area is 134 Å².